The van der Waals surface area contributed by atoms with Crippen molar-refractivity contribution in [1.29, 1.82) is 0 Å². The minimum Gasteiger partial charge on any atom is -0.237 e. The first-order valence-corrected chi connectivity index (χ1v) is 5.85. The van der Waals surface area contributed by atoms with Crippen molar-refractivity contribution in [2.24, 2.45) is 0 Å². The highest BCUT2D eigenvalue weighted by Gasteiger charge is 2.34. The van der Waals surface area contributed by atoms with Crippen LogP contribution in [0.15, 0.2) is 24.3 Å². The average Bonchev–Trinajstić information content (AvgIpc) is 2.71. The Morgan fingerprint density at radius 3 is 2.42 bits per heavy atom. The highest BCUT2D eigenvalue weighted by atomic mass is 35.5. The Morgan fingerprint density at radius 1 is 1.26 bits per heavy atom. The van der Waals surface area contributed by atoms with E-state index < -0.39 is 17.7 Å². The van der Waals surface area contributed by atoms with E-state index in [0.29, 0.717) is 0 Å². The first kappa shape index (κ1) is 13.9. The molecule has 0 aliphatic carbocycles. The van der Waals surface area contributed by atoms with Crippen molar-refractivity contribution >= 4 is 11.6 Å². The second-order valence-corrected chi connectivity index (χ2v) is 4.26. The van der Waals surface area contributed by atoms with Crippen LogP contribution >= 0.6 is 11.6 Å². The number of hydrogen-bond acceptors (Lipinski definition) is 1. The molecule has 0 amide bonds. The Kier molecular flexibility index (Phi) is 3.54. The summed E-state index contributed by atoms with van der Waals surface area (Å²) in [4.78, 5) is 0. The lowest BCUT2D eigenvalue weighted by molar-refractivity contribution is -0.141. The van der Waals surface area contributed by atoms with Crippen LogP contribution in [0.2, 0.25) is 0 Å². The molecule has 2 aromatic rings. The normalized spacial score (nSPS) is 11.9. The first-order valence-electron chi connectivity index (χ1n) is 5.31. The van der Waals surface area contributed by atoms with Gasteiger partial charge in [-0.25, -0.2) is 9.07 Å². The minimum atomic E-state index is -4.52. The molecule has 1 heterocycles. The molecule has 0 fully saturated rings. The van der Waals surface area contributed by atoms with Gasteiger partial charge in [-0.15, -0.1) is 11.6 Å². The lowest BCUT2D eigenvalue weighted by atomic mass is 10.2. The molecule has 102 valence electrons. The van der Waals surface area contributed by atoms with Gasteiger partial charge < -0.3 is 0 Å². The number of aryl methyl sites for hydroxylation is 1. The van der Waals surface area contributed by atoms with Crippen LogP contribution in [0.4, 0.5) is 17.6 Å². The van der Waals surface area contributed by atoms with Crippen LogP contribution in [0.1, 0.15) is 17.0 Å². The van der Waals surface area contributed by atoms with Crippen LogP contribution in [0.5, 0.6) is 0 Å². The highest BCUT2D eigenvalue weighted by molar-refractivity contribution is 6.17. The maximum absolute atomic E-state index is 13.6. The molecule has 0 unspecified atom stereocenters. The lowest BCUT2D eigenvalue weighted by Crippen LogP contribution is -2.07. The summed E-state index contributed by atoms with van der Waals surface area (Å²) in [5.74, 6) is -0.575. The zero-order chi connectivity index (χ0) is 14.2. The van der Waals surface area contributed by atoms with E-state index in [4.69, 9.17) is 11.6 Å². The predicted octanol–water partition coefficient (Wildman–Crippen LogP) is 4.08. The molecule has 2 rings (SSSR count). The van der Waals surface area contributed by atoms with E-state index in [1.165, 1.54) is 19.1 Å². The number of aromatic nitrogens is 2. The van der Waals surface area contributed by atoms with E-state index in [9.17, 15) is 17.6 Å². The van der Waals surface area contributed by atoms with Crippen molar-refractivity contribution in [2.45, 2.75) is 19.0 Å². The monoisotopic (exact) mass is 292 g/mol. The number of benzene rings is 1. The fourth-order valence-corrected chi connectivity index (χ4v) is 1.87. The molecule has 2 nitrogen and oxygen atoms in total. The van der Waals surface area contributed by atoms with Crippen LogP contribution in [0, 0.1) is 12.7 Å². The molecule has 0 aliphatic heterocycles. The van der Waals surface area contributed by atoms with Crippen molar-refractivity contribution in [2.75, 3.05) is 0 Å². The summed E-state index contributed by atoms with van der Waals surface area (Å²) in [5.41, 5.74) is -0.234. The van der Waals surface area contributed by atoms with Crippen LogP contribution in [0.3, 0.4) is 0 Å². The molecule has 1 aromatic heterocycles. The Hall–Kier alpha value is -1.56. The molecular weight excluding hydrogens is 284 g/mol. The van der Waals surface area contributed by atoms with Crippen LogP contribution in [0.25, 0.3) is 5.69 Å². The topological polar surface area (TPSA) is 17.8 Å². The van der Waals surface area contributed by atoms with Gasteiger partial charge in [0.2, 0.25) is 0 Å². The van der Waals surface area contributed by atoms with E-state index in [-0.39, 0.29) is 22.8 Å². The maximum atomic E-state index is 13.6. The third-order valence-electron chi connectivity index (χ3n) is 2.60. The van der Waals surface area contributed by atoms with Gasteiger partial charge in [0.15, 0.2) is 5.69 Å². The third kappa shape index (κ3) is 2.73. The van der Waals surface area contributed by atoms with E-state index in [1.54, 1.807) is 0 Å². The first-order chi connectivity index (χ1) is 8.82. The molecule has 0 atom stereocenters. The van der Waals surface area contributed by atoms with E-state index in [1.807, 2.05) is 0 Å². The van der Waals surface area contributed by atoms with E-state index >= 15 is 0 Å². The van der Waals surface area contributed by atoms with Crippen molar-refractivity contribution in [3.63, 3.8) is 0 Å². The molecular formula is C12H9ClF4N2. The molecule has 1 aromatic carbocycles. The van der Waals surface area contributed by atoms with Gasteiger partial charge in [0.1, 0.15) is 5.82 Å². The van der Waals surface area contributed by atoms with Gasteiger partial charge in [-0.05, 0) is 25.1 Å². The summed E-state index contributed by atoms with van der Waals surface area (Å²) in [5, 5.41) is 3.44. The van der Waals surface area contributed by atoms with Gasteiger partial charge in [0.25, 0.3) is 0 Å². The quantitative estimate of drug-likeness (QED) is 0.602. The van der Waals surface area contributed by atoms with E-state index in [0.717, 1.165) is 16.8 Å². The Bertz CT molecular complexity index is 604. The summed E-state index contributed by atoms with van der Waals surface area (Å²) < 4.78 is 52.2. The molecule has 7 heteroatoms. The smallest absolute Gasteiger partial charge is 0.237 e. The van der Waals surface area contributed by atoms with Gasteiger partial charge in [-0.3, -0.25) is 0 Å². The molecule has 0 saturated carbocycles. The number of rotatable bonds is 2. The second-order valence-electron chi connectivity index (χ2n) is 3.99. The van der Waals surface area contributed by atoms with Gasteiger partial charge >= 0.3 is 6.18 Å². The minimum absolute atomic E-state index is 0.00198. The summed E-state index contributed by atoms with van der Waals surface area (Å²) >= 11 is 5.51. The summed E-state index contributed by atoms with van der Waals surface area (Å²) in [6.45, 7) is 1.47. The SMILES string of the molecule is Cc1cc(C(F)(F)F)nn1-c1ccc(CCl)c(F)c1. The van der Waals surface area contributed by atoms with Gasteiger partial charge in [0, 0.05) is 11.3 Å². The second kappa shape index (κ2) is 4.85. The van der Waals surface area contributed by atoms with Gasteiger partial charge in [0.05, 0.1) is 11.6 Å². The summed E-state index contributed by atoms with van der Waals surface area (Å²) in [7, 11) is 0. The predicted molar refractivity (Wildman–Crippen MR) is 62.8 cm³/mol. The van der Waals surface area contributed by atoms with Crippen molar-refractivity contribution in [1.82, 2.24) is 9.78 Å². The fraction of sp³-hybridized carbons (Fsp3) is 0.250. The van der Waals surface area contributed by atoms with Crippen molar-refractivity contribution in [3.8, 4) is 5.69 Å². The molecule has 0 spiro atoms. The van der Waals surface area contributed by atoms with Crippen LogP contribution < -0.4 is 0 Å². The molecule has 19 heavy (non-hydrogen) atoms. The standard InChI is InChI=1S/C12H9ClF4N2/c1-7-4-11(12(15,16)17)18-19(7)9-3-2-8(6-13)10(14)5-9/h2-5H,6H2,1H3. The molecule has 0 aliphatic rings. The largest absolute Gasteiger partial charge is 0.435 e. The van der Waals surface area contributed by atoms with E-state index in [2.05, 4.69) is 5.10 Å². The summed E-state index contributed by atoms with van der Waals surface area (Å²) in [6, 6.07) is 4.91. The number of hydrogen-bond donors (Lipinski definition) is 0. The van der Waals surface area contributed by atoms with Gasteiger partial charge in [-0.2, -0.15) is 18.3 Å². The molecule has 0 saturated heterocycles. The zero-order valence-corrected chi connectivity index (χ0v) is 10.6. The van der Waals surface area contributed by atoms with Crippen LogP contribution in [-0.4, -0.2) is 9.78 Å². The zero-order valence-electron chi connectivity index (χ0n) is 9.80. The Balaban J connectivity index is 2.48. The molecule has 0 N–H and O–H groups in total. The Labute approximate surface area is 111 Å². The van der Waals surface area contributed by atoms with Crippen molar-refractivity contribution in [3.05, 3.63) is 47.0 Å². The number of alkyl halides is 4. The van der Waals surface area contributed by atoms with Crippen LogP contribution in [-0.2, 0) is 12.1 Å². The van der Waals surface area contributed by atoms with Gasteiger partial charge in [-0.1, -0.05) is 6.07 Å². The van der Waals surface area contributed by atoms with Crippen molar-refractivity contribution < 1.29 is 17.6 Å². The average molecular weight is 293 g/mol. The maximum Gasteiger partial charge on any atom is 0.435 e. The lowest BCUT2D eigenvalue weighted by Gasteiger charge is -2.06. The fourth-order valence-electron chi connectivity index (χ4n) is 1.65. The molecule has 0 bridgehead atoms. The third-order valence-corrected chi connectivity index (χ3v) is 2.89. The number of nitrogens with zero attached hydrogens (tertiary/aromatic N) is 2. The summed E-state index contributed by atoms with van der Waals surface area (Å²) in [6.07, 6.45) is -4.52. The Morgan fingerprint density at radius 2 is 1.95 bits per heavy atom. The molecule has 0 radical (unpaired) electrons. The number of halogens is 5. The highest BCUT2D eigenvalue weighted by Crippen LogP contribution is 2.29.